The van der Waals surface area contributed by atoms with Crippen LogP contribution in [0.25, 0.3) is 0 Å². The summed E-state index contributed by atoms with van der Waals surface area (Å²) in [6.45, 7) is 0. The van der Waals surface area contributed by atoms with E-state index in [2.05, 4.69) is 21.2 Å². The number of rotatable bonds is 6. The molecule has 1 atom stereocenters. The summed E-state index contributed by atoms with van der Waals surface area (Å²) in [5, 5.41) is 15.7. The minimum Gasteiger partial charge on any atom is -0.506 e. The molecule has 1 fully saturated rings. The average molecular weight is 513 g/mol. The van der Waals surface area contributed by atoms with Crippen molar-refractivity contribution in [3.8, 4) is 5.75 Å². The number of phenolic OH excluding ortho intramolecular Hbond substituents is 1. The van der Waals surface area contributed by atoms with Crippen LogP contribution in [0.15, 0.2) is 70.5 Å². The number of anilines is 1. The second-order valence-corrected chi connectivity index (χ2v) is 9.74. The summed E-state index contributed by atoms with van der Waals surface area (Å²) in [5.41, 5.74) is 0.716. The molecule has 7 heteroatoms. The summed E-state index contributed by atoms with van der Waals surface area (Å²) in [5.74, 6) is -0.654. The highest BCUT2D eigenvalue weighted by Crippen LogP contribution is 2.38. The number of benzene rings is 2. The Kier molecular flexibility index (Phi) is 7.27. The van der Waals surface area contributed by atoms with Crippen molar-refractivity contribution < 1.29 is 14.7 Å². The number of carbonyl (C=O) groups is 2. The molecule has 2 amide bonds. The van der Waals surface area contributed by atoms with E-state index in [-0.39, 0.29) is 23.6 Å². The predicted molar refractivity (Wildman–Crippen MR) is 131 cm³/mol. The Labute approximate surface area is 200 Å². The molecule has 0 saturated heterocycles. The van der Waals surface area contributed by atoms with Crippen LogP contribution in [-0.2, 0) is 4.79 Å². The van der Waals surface area contributed by atoms with Crippen molar-refractivity contribution in [3.63, 3.8) is 0 Å². The van der Waals surface area contributed by atoms with E-state index in [1.54, 1.807) is 36.4 Å². The van der Waals surface area contributed by atoms with Gasteiger partial charge in [0.05, 0.1) is 11.3 Å². The number of phenols is 1. The number of carbonyl (C=O) groups excluding carboxylic acids is 2. The molecule has 0 spiro atoms. The van der Waals surface area contributed by atoms with Crippen molar-refractivity contribution in [1.29, 1.82) is 0 Å². The van der Waals surface area contributed by atoms with Crippen LogP contribution < -0.4 is 10.2 Å². The fourth-order valence-electron chi connectivity index (χ4n) is 4.15. The first-order chi connectivity index (χ1) is 15.6. The van der Waals surface area contributed by atoms with Gasteiger partial charge in [0.15, 0.2) is 6.04 Å². The van der Waals surface area contributed by atoms with Crippen LogP contribution in [0.4, 0.5) is 5.69 Å². The topological polar surface area (TPSA) is 69.6 Å². The van der Waals surface area contributed by atoms with E-state index in [0.717, 1.165) is 30.6 Å². The van der Waals surface area contributed by atoms with Crippen LogP contribution in [0, 0.1) is 0 Å². The highest BCUT2D eigenvalue weighted by atomic mass is 79.9. The van der Waals surface area contributed by atoms with Gasteiger partial charge in [-0.2, -0.15) is 0 Å². The van der Waals surface area contributed by atoms with Gasteiger partial charge >= 0.3 is 0 Å². The van der Waals surface area contributed by atoms with Gasteiger partial charge in [-0.1, -0.05) is 49.6 Å². The van der Waals surface area contributed by atoms with Crippen molar-refractivity contribution in [3.05, 3.63) is 81.0 Å². The van der Waals surface area contributed by atoms with Crippen LogP contribution in [-0.4, -0.2) is 23.0 Å². The third-order valence-corrected chi connectivity index (χ3v) is 7.35. The van der Waals surface area contributed by atoms with Crippen molar-refractivity contribution >= 4 is 44.8 Å². The number of nitrogens with one attached hydrogen (secondary N) is 1. The molecule has 1 unspecified atom stereocenters. The fourth-order valence-corrected chi connectivity index (χ4v) is 5.41. The van der Waals surface area contributed by atoms with Crippen LogP contribution in [0.3, 0.4) is 0 Å². The maximum atomic E-state index is 13.9. The number of thiophene rings is 1. The molecular weight excluding hydrogens is 488 g/mol. The normalized spacial score (nSPS) is 15.2. The molecule has 1 heterocycles. The molecule has 0 radical (unpaired) electrons. The van der Waals surface area contributed by atoms with E-state index in [1.165, 1.54) is 28.7 Å². The second-order valence-electron chi connectivity index (χ2n) is 7.91. The maximum absolute atomic E-state index is 13.9. The molecule has 2 N–H and O–H groups in total. The molecule has 4 rings (SSSR count). The molecule has 166 valence electrons. The standard InChI is InChI=1S/C25H25BrN2O3S/c26-19-12-5-4-11-18(19)25(31)28(20-13-6-7-14-21(20)29)23(22-15-8-16-32-22)24(30)27-17-9-2-1-3-10-17/h4-8,11-17,23,29H,1-3,9-10H2,(H,27,30). The lowest BCUT2D eigenvalue weighted by atomic mass is 9.95. The monoisotopic (exact) mass is 512 g/mol. The highest BCUT2D eigenvalue weighted by molar-refractivity contribution is 9.10. The molecule has 3 aromatic rings. The Morgan fingerprint density at radius 2 is 1.72 bits per heavy atom. The summed E-state index contributed by atoms with van der Waals surface area (Å²) < 4.78 is 0.628. The van der Waals surface area contributed by atoms with Crippen molar-refractivity contribution in [2.45, 2.75) is 44.2 Å². The van der Waals surface area contributed by atoms with Crippen LogP contribution in [0.1, 0.15) is 53.4 Å². The van der Waals surface area contributed by atoms with Gasteiger partial charge in [-0.15, -0.1) is 11.3 Å². The zero-order valence-corrected chi connectivity index (χ0v) is 19.9. The summed E-state index contributed by atoms with van der Waals surface area (Å²) >= 11 is 4.88. The van der Waals surface area contributed by atoms with E-state index < -0.39 is 6.04 Å². The first-order valence-electron chi connectivity index (χ1n) is 10.8. The SMILES string of the molecule is O=C(NC1CCCCC1)C(c1cccs1)N(C(=O)c1ccccc1Br)c1ccccc1O. The third-order valence-electron chi connectivity index (χ3n) is 5.74. The summed E-state index contributed by atoms with van der Waals surface area (Å²) in [7, 11) is 0. The van der Waals surface area contributed by atoms with Crippen molar-refractivity contribution in [1.82, 2.24) is 5.32 Å². The van der Waals surface area contributed by atoms with Gasteiger partial charge < -0.3 is 10.4 Å². The van der Waals surface area contributed by atoms with E-state index in [4.69, 9.17) is 0 Å². The lowest BCUT2D eigenvalue weighted by molar-refractivity contribution is -0.123. The molecule has 1 aliphatic carbocycles. The molecule has 5 nitrogen and oxygen atoms in total. The number of nitrogens with zero attached hydrogens (tertiary/aromatic N) is 1. The zero-order chi connectivity index (χ0) is 22.5. The summed E-state index contributed by atoms with van der Waals surface area (Å²) in [6.07, 6.45) is 5.25. The largest absolute Gasteiger partial charge is 0.506 e. The van der Waals surface area contributed by atoms with Crippen molar-refractivity contribution in [2.75, 3.05) is 4.90 Å². The number of para-hydroxylation sites is 2. The van der Waals surface area contributed by atoms with Crippen LogP contribution in [0.2, 0.25) is 0 Å². The highest BCUT2D eigenvalue weighted by Gasteiger charge is 2.36. The minimum atomic E-state index is -0.898. The number of hydrogen-bond acceptors (Lipinski definition) is 4. The van der Waals surface area contributed by atoms with E-state index in [9.17, 15) is 14.7 Å². The minimum absolute atomic E-state index is 0.0556. The second kappa shape index (κ2) is 10.3. The van der Waals surface area contributed by atoms with E-state index in [1.807, 2.05) is 23.6 Å². The lowest BCUT2D eigenvalue weighted by Gasteiger charge is -2.33. The Balaban J connectivity index is 1.80. The Bertz CT molecular complexity index is 1080. The Morgan fingerprint density at radius 1 is 1.00 bits per heavy atom. The van der Waals surface area contributed by atoms with E-state index in [0.29, 0.717) is 15.7 Å². The quantitative estimate of drug-likeness (QED) is 0.422. The maximum Gasteiger partial charge on any atom is 0.260 e. The summed E-state index contributed by atoms with van der Waals surface area (Å²) in [6, 6.07) is 16.7. The molecular formula is C25H25BrN2O3S. The lowest BCUT2D eigenvalue weighted by Crippen LogP contribution is -2.47. The van der Waals surface area contributed by atoms with Crippen LogP contribution >= 0.6 is 27.3 Å². The number of halogens is 1. The average Bonchev–Trinajstić information content (AvgIpc) is 3.33. The van der Waals surface area contributed by atoms with Gasteiger partial charge in [-0.25, -0.2) is 0 Å². The smallest absolute Gasteiger partial charge is 0.260 e. The first kappa shape index (κ1) is 22.6. The fraction of sp³-hybridized carbons (Fsp3) is 0.280. The van der Waals surface area contributed by atoms with E-state index >= 15 is 0 Å². The summed E-state index contributed by atoms with van der Waals surface area (Å²) in [4.78, 5) is 29.7. The molecule has 1 aliphatic rings. The molecule has 2 aromatic carbocycles. The third kappa shape index (κ3) is 4.89. The number of aromatic hydroxyl groups is 1. The van der Waals surface area contributed by atoms with Crippen molar-refractivity contribution in [2.24, 2.45) is 0 Å². The molecule has 1 aromatic heterocycles. The number of hydrogen-bond donors (Lipinski definition) is 2. The first-order valence-corrected chi connectivity index (χ1v) is 12.4. The van der Waals surface area contributed by atoms with Gasteiger partial charge in [-0.05, 0) is 64.5 Å². The van der Waals surface area contributed by atoms with Gasteiger partial charge in [0.1, 0.15) is 5.75 Å². The van der Waals surface area contributed by atoms with Gasteiger partial charge in [0, 0.05) is 15.4 Å². The molecule has 1 saturated carbocycles. The Hall–Kier alpha value is -2.64. The van der Waals surface area contributed by atoms with Crippen LogP contribution in [0.5, 0.6) is 5.75 Å². The van der Waals surface area contributed by atoms with Gasteiger partial charge in [0.25, 0.3) is 5.91 Å². The predicted octanol–water partition coefficient (Wildman–Crippen LogP) is 6.05. The zero-order valence-electron chi connectivity index (χ0n) is 17.5. The molecule has 32 heavy (non-hydrogen) atoms. The molecule has 0 aliphatic heterocycles. The number of amides is 2. The molecule has 0 bridgehead atoms. The van der Waals surface area contributed by atoms with Gasteiger partial charge in [-0.3, -0.25) is 14.5 Å². The Morgan fingerprint density at radius 3 is 2.41 bits per heavy atom. The van der Waals surface area contributed by atoms with Gasteiger partial charge in [0.2, 0.25) is 5.91 Å².